The van der Waals surface area contributed by atoms with E-state index in [0.29, 0.717) is 17.1 Å². The molecule has 0 aliphatic carbocycles. The van der Waals surface area contributed by atoms with Gasteiger partial charge in [0.05, 0.1) is 5.69 Å². The van der Waals surface area contributed by atoms with Crippen molar-refractivity contribution in [3.8, 4) is 0 Å². The van der Waals surface area contributed by atoms with Crippen molar-refractivity contribution >= 4 is 40.6 Å². The summed E-state index contributed by atoms with van der Waals surface area (Å²) >= 11 is 8.08. The molecule has 0 radical (unpaired) electrons. The molecule has 0 saturated heterocycles. The lowest BCUT2D eigenvalue weighted by Crippen LogP contribution is -2.32. The molecule has 0 atom stereocenters. The van der Waals surface area contributed by atoms with Crippen LogP contribution < -0.4 is 10.2 Å². The summed E-state index contributed by atoms with van der Waals surface area (Å²) in [5.41, 5.74) is 1.73. The van der Waals surface area contributed by atoms with Gasteiger partial charge in [0.1, 0.15) is 5.60 Å². The predicted octanol–water partition coefficient (Wildman–Crippen LogP) is 5.41. The fraction of sp³-hybridized carbons (Fsp3) is 0.429. The molecule has 1 aliphatic heterocycles. The second-order valence-electron chi connectivity index (χ2n) is 7.80. The number of rotatable bonds is 3. The smallest absolute Gasteiger partial charge is 0.407 e. The quantitative estimate of drug-likeness (QED) is 0.722. The molecule has 0 saturated carbocycles. The lowest BCUT2D eigenvalue weighted by atomic mass is 10.1. The fourth-order valence-electron chi connectivity index (χ4n) is 3.11. The first-order valence-corrected chi connectivity index (χ1v) is 10.6. The maximum Gasteiger partial charge on any atom is 0.407 e. The number of fused-ring (bicyclic) bond motifs is 1. The summed E-state index contributed by atoms with van der Waals surface area (Å²) in [6.45, 7) is 6.37. The topological polar surface area (TPSA) is 58.6 Å². The van der Waals surface area contributed by atoms with E-state index in [0.717, 1.165) is 30.5 Å². The van der Waals surface area contributed by atoms with Gasteiger partial charge in [-0.15, -0.1) is 11.3 Å². The van der Waals surface area contributed by atoms with Gasteiger partial charge in [-0.2, -0.15) is 0 Å². The van der Waals surface area contributed by atoms with Crippen LogP contribution in [0, 0.1) is 0 Å². The minimum absolute atomic E-state index is 0.0462. The fourth-order valence-corrected chi connectivity index (χ4v) is 4.28. The second-order valence-corrected chi connectivity index (χ2v) is 9.21. The Morgan fingerprint density at radius 1 is 1.25 bits per heavy atom. The van der Waals surface area contributed by atoms with Crippen molar-refractivity contribution in [2.45, 2.75) is 52.2 Å². The molecule has 1 aromatic carbocycles. The van der Waals surface area contributed by atoms with Gasteiger partial charge in [0.2, 0.25) is 0 Å². The molecule has 3 rings (SSSR count). The summed E-state index contributed by atoms with van der Waals surface area (Å²) in [5, 5.41) is 5.17. The molecule has 0 bridgehead atoms. The van der Waals surface area contributed by atoms with E-state index < -0.39 is 11.7 Å². The summed E-state index contributed by atoms with van der Waals surface area (Å²) in [7, 11) is 0. The van der Waals surface area contributed by atoms with Gasteiger partial charge in [-0.05, 0) is 69.2 Å². The third kappa shape index (κ3) is 5.06. The summed E-state index contributed by atoms with van der Waals surface area (Å²) in [6.07, 6.45) is 2.59. The van der Waals surface area contributed by atoms with Crippen molar-refractivity contribution in [1.29, 1.82) is 0 Å². The number of nitrogens with one attached hydrogen (secondary N) is 1. The average Bonchev–Trinajstić information content (AvgIpc) is 2.98. The first kappa shape index (κ1) is 20.7. The first-order chi connectivity index (χ1) is 13.2. The molecule has 5 nitrogen and oxygen atoms in total. The van der Waals surface area contributed by atoms with E-state index in [2.05, 4.69) is 5.32 Å². The van der Waals surface area contributed by atoms with Crippen molar-refractivity contribution in [2.75, 3.05) is 11.4 Å². The van der Waals surface area contributed by atoms with Crippen LogP contribution in [0.15, 0.2) is 29.6 Å². The minimum Gasteiger partial charge on any atom is -0.444 e. The molecule has 1 aromatic heterocycles. The zero-order valence-electron chi connectivity index (χ0n) is 16.4. The number of carbonyl (C=O) groups excluding carboxylic acids is 2. The monoisotopic (exact) mass is 420 g/mol. The van der Waals surface area contributed by atoms with E-state index in [9.17, 15) is 9.59 Å². The van der Waals surface area contributed by atoms with Crippen LogP contribution in [0.25, 0.3) is 0 Å². The number of alkyl carbamates (subject to hydrolysis) is 1. The lowest BCUT2D eigenvalue weighted by Gasteiger charge is -2.22. The van der Waals surface area contributed by atoms with E-state index in [1.54, 1.807) is 29.5 Å². The van der Waals surface area contributed by atoms with Gasteiger partial charge in [-0.3, -0.25) is 4.79 Å². The molecule has 0 unspecified atom stereocenters. The van der Waals surface area contributed by atoms with E-state index in [4.69, 9.17) is 16.3 Å². The predicted molar refractivity (Wildman–Crippen MR) is 113 cm³/mol. The number of anilines is 1. The Morgan fingerprint density at radius 3 is 2.75 bits per heavy atom. The average molecular weight is 421 g/mol. The van der Waals surface area contributed by atoms with Crippen molar-refractivity contribution < 1.29 is 14.3 Å². The van der Waals surface area contributed by atoms with Gasteiger partial charge in [0, 0.05) is 28.6 Å². The highest BCUT2D eigenvalue weighted by Gasteiger charge is 2.24. The van der Waals surface area contributed by atoms with Gasteiger partial charge in [-0.1, -0.05) is 17.7 Å². The first-order valence-electron chi connectivity index (χ1n) is 9.38. The molecule has 2 amide bonds. The molecule has 28 heavy (non-hydrogen) atoms. The Hall–Kier alpha value is -2.05. The molecule has 0 spiro atoms. The maximum atomic E-state index is 13.1. The second kappa shape index (κ2) is 8.53. The number of aryl methyl sites for hydroxylation is 1. The summed E-state index contributed by atoms with van der Waals surface area (Å²) in [4.78, 5) is 28.0. The SMILES string of the molecule is CC(C)(C)OC(=O)NCc1ccc(C(=O)N2CCCCc3sccc32)cc1Cl. The number of benzene rings is 1. The van der Waals surface area contributed by atoms with Gasteiger partial charge >= 0.3 is 6.09 Å². The highest BCUT2D eigenvalue weighted by Crippen LogP contribution is 2.32. The maximum absolute atomic E-state index is 13.1. The highest BCUT2D eigenvalue weighted by atomic mass is 35.5. The van der Waals surface area contributed by atoms with Crippen LogP contribution in [0.2, 0.25) is 5.02 Å². The van der Waals surface area contributed by atoms with Crippen molar-refractivity contribution in [3.05, 3.63) is 50.7 Å². The minimum atomic E-state index is -0.558. The van der Waals surface area contributed by atoms with Crippen molar-refractivity contribution in [3.63, 3.8) is 0 Å². The number of halogens is 1. The van der Waals surface area contributed by atoms with Crippen LogP contribution in [0.4, 0.5) is 10.5 Å². The Morgan fingerprint density at radius 2 is 2.04 bits per heavy atom. The number of hydrogen-bond acceptors (Lipinski definition) is 4. The van der Waals surface area contributed by atoms with Crippen LogP contribution in [-0.4, -0.2) is 24.1 Å². The number of thiophene rings is 1. The van der Waals surface area contributed by atoms with Crippen molar-refractivity contribution in [1.82, 2.24) is 5.32 Å². The van der Waals surface area contributed by atoms with Crippen LogP contribution in [-0.2, 0) is 17.7 Å². The van der Waals surface area contributed by atoms with E-state index in [-0.39, 0.29) is 12.5 Å². The molecule has 150 valence electrons. The molecule has 7 heteroatoms. The van der Waals surface area contributed by atoms with Gasteiger partial charge in [0.15, 0.2) is 0 Å². The molecule has 1 aliphatic rings. The summed E-state index contributed by atoms with van der Waals surface area (Å²) < 4.78 is 5.23. The summed E-state index contributed by atoms with van der Waals surface area (Å²) in [6, 6.07) is 7.23. The normalized spacial score (nSPS) is 14.2. The zero-order chi connectivity index (χ0) is 20.3. The van der Waals surface area contributed by atoms with Gasteiger partial charge in [-0.25, -0.2) is 4.79 Å². The number of carbonyl (C=O) groups is 2. The highest BCUT2D eigenvalue weighted by molar-refractivity contribution is 7.10. The zero-order valence-corrected chi connectivity index (χ0v) is 18.0. The number of amides is 2. The standard InChI is InChI=1S/C21H25ClN2O3S/c1-21(2,3)27-20(26)23-13-15-8-7-14(12-16(15)22)19(25)24-10-5-4-6-18-17(24)9-11-28-18/h7-9,11-12H,4-6,10,13H2,1-3H3,(H,23,26). The molecule has 2 heterocycles. The van der Waals surface area contributed by atoms with Crippen LogP contribution in [0.1, 0.15) is 54.4 Å². The van der Waals surface area contributed by atoms with Gasteiger partial charge < -0.3 is 15.0 Å². The van der Waals surface area contributed by atoms with E-state index in [1.807, 2.05) is 37.1 Å². The van der Waals surface area contributed by atoms with Gasteiger partial charge in [0.25, 0.3) is 5.91 Å². The Bertz CT molecular complexity index is 873. The molecule has 0 fully saturated rings. The number of hydrogen-bond donors (Lipinski definition) is 1. The van der Waals surface area contributed by atoms with Crippen LogP contribution in [0.3, 0.4) is 0 Å². The Labute approximate surface area is 174 Å². The Kier molecular flexibility index (Phi) is 6.30. The third-order valence-electron chi connectivity index (χ3n) is 4.42. The van der Waals surface area contributed by atoms with E-state index >= 15 is 0 Å². The molecular weight excluding hydrogens is 396 g/mol. The van der Waals surface area contributed by atoms with E-state index in [1.165, 1.54) is 4.88 Å². The Balaban J connectivity index is 1.70. The summed E-state index contributed by atoms with van der Waals surface area (Å²) in [5.74, 6) is -0.0462. The third-order valence-corrected chi connectivity index (χ3v) is 5.74. The molecule has 1 N–H and O–H groups in total. The van der Waals surface area contributed by atoms with Crippen molar-refractivity contribution in [2.24, 2.45) is 0 Å². The van der Waals surface area contributed by atoms with Crippen LogP contribution >= 0.6 is 22.9 Å². The number of nitrogens with zero attached hydrogens (tertiary/aromatic N) is 1. The largest absolute Gasteiger partial charge is 0.444 e. The van der Waals surface area contributed by atoms with Crippen LogP contribution in [0.5, 0.6) is 0 Å². The lowest BCUT2D eigenvalue weighted by molar-refractivity contribution is 0.0523. The molecule has 2 aromatic rings. The number of ether oxygens (including phenoxy) is 1. The molecular formula is C21H25ClN2O3S.